The molecule has 3 aliphatic rings. The number of nitrogens with one attached hydrogen (secondary N) is 1. The van der Waals surface area contributed by atoms with E-state index in [1.165, 1.54) is 35.5 Å². The molecule has 2 fully saturated rings. The molecule has 3 rings (SSSR count). The number of nitrogens with zero attached hydrogens (tertiary/aromatic N) is 2. The van der Waals surface area contributed by atoms with Gasteiger partial charge in [-0.15, -0.1) is 46.9 Å². The van der Waals surface area contributed by atoms with E-state index in [1.54, 1.807) is 11.8 Å². The molecule has 0 saturated carbocycles. The second-order valence-electron chi connectivity index (χ2n) is 5.71. The van der Waals surface area contributed by atoms with Crippen molar-refractivity contribution < 1.29 is 24.3 Å². The van der Waals surface area contributed by atoms with Crippen LogP contribution in [0.3, 0.4) is 0 Å². The molecule has 2 amide bonds. The monoisotopic (exact) mass is 437 g/mol. The summed E-state index contributed by atoms with van der Waals surface area (Å²) in [4.78, 5) is 41.6. The second-order valence-corrected chi connectivity index (χ2v) is 9.66. The molecule has 8 nitrogen and oxygen atoms in total. The molecule has 2 N–H and O–H groups in total. The predicted molar refractivity (Wildman–Crippen MR) is 104 cm³/mol. The molecule has 0 aromatic heterocycles. The first-order valence-corrected chi connectivity index (χ1v) is 11.0. The van der Waals surface area contributed by atoms with Crippen molar-refractivity contribution in [1.82, 2.24) is 10.2 Å². The molecular weight excluding hydrogens is 422 g/mol. The Morgan fingerprint density at radius 2 is 2.27 bits per heavy atom. The summed E-state index contributed by atoms with van der Waals surface area (Å²) in [6.07, 6.45) is 0. The Morgan fingerprint density at radius 1 is 1.50 bits per heavy atom. The number of alkyl halides is 1. The van der Waals surface area contributed by atoms with Gasteiger partial charge in [0.15, 0.2) is 10.6 Å². The maximum absolute atomic E-state index is 12.6. The summed E-state index contributed by atoms with van der Waals surface area (Å²) < 4.78 is 0. The van der Waals surface area contributed by atoms with Crippen LogP contribution in [-0.4, -0.2) is 80.7 Å². The second kappa shape index (κ2) is 7.91. The minimum atomic E-state index is -1.49. The van der Waals surface area contributed by atoms with Gasteiger partial charge in [-0.1, -0.05) is 5.16 Å². The molecule has 2 unspecified atom stereocenters. The fraction of sp³-hybridized carbons (Fsp3) is 0.571. The van der Waals surface area contributed by atoms with Crippen LogP contribution in [0.2, 0.25) is 0 Å². The smallest absolute Gasteiger partial charge is 0.327 e. The summed E-state index contributed by atoms with van der Waals surface area (Å²) in [5.74, 6) is -0.0334. The van der Waals surface area contributed by atoms with Crippen molar-refractivity contribution in [2.45, 2.75) is 16.3 Å². The Labute approximate surface area is 167 Å². The lowest BCUT2D eigenvalue weighted by molar-refractivity contribution is -0.151. The average molecular weight is 438 g/mol. The lowest BCUT2D eigenvalue weighted by Gasteiger charge is -2.52. The van der Waals surface area contributed by atoms with Gasteiger partial charge in [-0.05, 0) is 5.41 Å². The van der Waals surface area contributed by atoms with E-state index in [0.717, 1.165) is 11.5 Å². The summed E-state index contributed by atoms with van der Waals surface area (Å²) in [7, 11) is 1.35. The van der Waals surface area contributed by atoms with Gasteiger partial charge in [0.2, 0.25) is 5.91 Å². The first-order chi connectivity index (χ1) is 12.4. The molecule has 0 aromatic rings. The fourth-order valence-corrected chi connectivity index (χ4v) is 6.43. The molecule has 3 aliphatic heterocycles. The maximum Gasteiger partial charge on any atom is 0.327 e. The van der Waals surface area contributed by atoms with Crippen molar-refractivity contribution in [3.05, 3.63) is 10.3 Å². The van der Waals surface area contributed by atoms with Crippen molar-refractivity contribution in [3.63, 3.8) is 0 Å². The summed E-state index contributed by atoms with van der Waals surface area (Å²) in [6.45, 7) is -0.0799. The number of thioether (sulfide) groups is 3. The van der Waals surface area contributed by atoms with Gasteiger partial charge in [-0.3, -0.25) is 14.4 Å². The van der Waals surface area contributed by atoms with Crippen molar-refractivity contribution in [3.8, 4) is 0 Å². The van der Waals surface area contributed by atoms with E-state index >= 15 is 0 Å². The Morgan fingerprint density at radius 3 is 2.88 bits per heavy atom. The van der Waals surface area contributed by atoms with Crippen LogP contribution in [0.1, 0.15) is 0 Å². The minimum Gasteiger partial charge on any atom is -0.480 e. The van der Waals surface area contributed by atoms with E-state index in [4.69, 9.17) is 16.4 Å². The zero-order valence-electron chi connectivity index (χ0n) is 13.6. The molecule has 0 aromatic carbocycles. The number of aliphatic carboxylic acids is 1. The normalized spacial score (nSPS) is 31.5. The number of carbonyl (C=O) groups is 3. The number of oxime groups is 1. The van der Waals surface area contributed by atoms with Gasteiger partial charge < -0.3 is 20.2 Å². The van der Waals surface area contributed by atoms with Gasteiger partial charge >= 0.3 is 5.97 Å². The Kier molecular flexibility index (Phi) is 6.00. The third kappa shape index (κ3) is 3.67. The molecular formula is C14H16ClN3O5S3. The largest absolute Gasteiger partial charge is 0.480 e. The molecule has 142 valence electrons. The minimum absolute atomic E-state index is 0.0799. The highest BCUT2D eigenvalue weighted by Crippen LogP contribution is 2.41. The van der Waals surface area contributed by atoms with Crippen LogP contribution in [0.25, 0.3) is 0 Å². The molecule has 0 radical (unpaired) electrons. The number of carboxylic acid groups (broad SMARTS) is 1. The quantitative estimate of drug-likeness (QED) is 0.281. The number of amides is 2. The molecule has 2 saturated heterocycles. The molecule has 0 aliphatic carbocycles. The van der Waals surface area contributed by atoms with Gasteiger partial charge in [0.05, 0.1) is 6.54 Å². The van der Waals surface area contributed by atoms with Crippen LogP contribution in [0.4, 0.5) is 0 Å². The number of carbonyl (C=O) groups excluding carboxylic acids is 2. The Balaban J connectivity index is 1.67. The zero-order chi connectivity index (χ0) is 18.9. The Bertz CT molecular complexity index is 703. The first kappa shape index (κ1) is 19.7. The van der Waals surface area contributed by atoms with Crippen LogP contribution in [0.15, 0.2) is 15.5 Å². The highest BCUT2D eigenvalue weighted by molar-refractivity contribution is 8.10. The van der Waals surface area contributed by atoms with Crippen LogP contribution in [0.5, 0.6) is 0 Å². The number of hydrogen-bond donors (Lipinski definition) is 2. The van der Waals surface area contributed by atoms with E-state index in [1.807, 2.05) is 5.41 Å². The van der Waals surface area contributed by atoms with E-state index in [9.17, 15) is 19.5 Å². The van der Waals surface area contributed by atoms with E-state index < -0.39 is 22.8 Å². The van der Waals surface area contributed by atoms with E-state index in [-0.39, 0.29) is 29.3 Å². The molecule has 0 spiro atoms. The van der Waals surface area contributed by atoms with Crippen LogP contribution in [0, 0.1) is 0 Å². The molecule has 12 heteroatoms. The van der Waals surface area contributed by atoms with Gasteiger partial charge in [-0.2, -0.15) is 0 Å². The number of hydrogen-bond acceptors (Lipinski definition) is 8. The number of rotatable bonds is 5. The zero-order valence-corrected chi connectivity index (χ0v) is 16.8. The third-order valence-corrected chi connectivity index (χ3v) is 8.38. The maximum atomic E-state index is 12.6. The van der Waals surface area contributed by atoms with Crippen molar-refractivity contribution in [2.75, 3.05) is 30.9 Å². The van der Waals surface area contributed by atoms with Gasteiger partial charge in [0, 0.05) is 22.2 Å². The van der Waals surface area contributed by atoms with Crippen molar-refractivity contribution in [2.24, 2.45) is 5.16 Å². The summed E-state index contributed by atoms with van der Waals surface area (Å²) in [5.41, 5.74) is 0.133. The molecule has 3 atom stereocenters. The SMILES string of the molecule is CON=C(C(=O)NC1C(=O)N2CC(Cl)(C(=O)O)CS[C@H]12)C1=CSCCS1. The third-order valence-electron chi connectivity index (χ3n) is 4.00. The highest BCUT2D eigenvalue weighted by atomic mass is 35.5. The van der Waals surface area contributed by atoms with Crippen molar-refractivity contribution in [1.29, 1.82) is 0 Å². The van der Waals surface area contributed by atoms with E-state index in [2.05, 4.69) is 10.5 Å². The average Bonchev–Trinajstić information content (AvgIpc) is 2.64. The number of fused-ring (bicyclic) bond motifs is 1. The van der Waals surface area contributed by atoms with E-state index in [0.29, 0.717) is 4.91 Å². The highest BCUT2D eigenvalue weighted by Gasteiger charge is 2.57. The van der Waals surface area contributed by atoms with Gasteiger partial charge in [-0.25, -0.2) is 0 Å². The standard InChI is InChI=1S/C14H16ClN3O5S3/c1-23-17-8(7-4-24-2-3-25-7)10(19)16-9-11(20)18-5-14(15,13(21)22)6-26-12(9)18/h4,9,12H,2-3,5-6H2,1H3,(H,16,19)(H,21,22)/t9?,12-,14?/m1/s1. The summed E-state index contributed by atoms with van der Waals surface area (Å²) >= 11 is 10.4. The predicted octanol–water partition coefficient (Wildman–Crippen LogP) is 0.772. The number of carboxylic acids is 1. The van der Waals surface area contributed by atoms with Gasteiger partial charge in [0.1, 0.15) is 18.5 Å². The fourth-order valence-electron chi connectivity index (χ4n) is 2.67. The Hall–Kier alpha value is -1.04. The van der Waals surface area contributed by atoms with Crippen LogP contribution < -0.4 is 5.32 Å². The summed E-state index contributed by atoms with van der Waals surface area (Å²) in [6, 6.07) is -0.730. The molecule has 26 heavy (non-hydrogen) atoms. The lowest BCUT2D eigenvalue weighted by atomic mass is 10.0. The molecule has 0 bridgehead atoms. The summed E-state index contributed by atoms with van der Waals surface area (Å²) in [5, 5.41) is 17.2. The molecule has 3 heterocycles. The topological polar surface area (TPSA) is 108 Å². The van der Waals surface area contributed by atoms with Gasteiger partial charge in [0.25, 0.3) is 5.91 Å². The first-order valence-electron chi connectivity index (χ1n) is 7.59. The number of halogens is 1. The van der Waals surface area contributed by atoms with Crippen molar-refractivity contribution >= 4 is 70.4 Å². The lowest BCUT2D eigenvalue weighted by Crippen LogP contribution is -2.74. The van der Waals surface area contributed by atoms with Crippen LogP contribution in [-0.2, 0) is 19.2 Å². The van der Waals surface area contributed by atoms with Crippen LogP contribution >= 0.6 is 46.9 Å². The number of β-lactam (4-membered cyclic amide) rings is 1.